The minimum atomic E-state index is -0.240. The minimum absolute atomic E-state index is 0.108. The molecule has 2 rings (SSSR count). The van der Waals surface area contributed by atoms with Crippen LogP contribution >= 0.6 is 0 Å². The summed E-state index contributed by atoms with van der Waals surface area (Å²) in [7, 11) is 0. The van der Waals surface area contributed by atoms with Gasteiger partial charge in [-0.2, -0.15) is 5.26 Å². The van der Waals surface area contributed by atoms with E-state index < -0.39 is 0 Å². The molecule has 6 heteroatoms. The van der Waals surface area contributed by atoms with Gasteiger partial charge in [-0.05, 0) is 0 Å². The van der Waals surface area contributed by atoms with Gasteiger partial charge in [0.25, 0.3) is 5.56 Å². The zero-order chi connectivity index (χ0) is 12.4. The van der Waals surface area contributed by atoms with Gasteiger partial charge >= 0.3 is 0 Å². The van der Waals surface area contributed by atoms with Crippen molar-refractivity contribution in [2.24, 2.45) is 0 Å². The van der Waals surface area contributed by atoms with Crippen LogP contribution in [0.3, 0.4) is 0 Å². The molecule has 0 atom stereocenters. The molecule has 6 nitrogen and oxygen atoms in total. The molecule has 0 aliphatic carbocycles. The molecule has 0 bridgehead atoms. The molecule has 2 aromatic heterocycles. The summed E-state index contributed by atoms with van der Waals surface area (Å²) in [6, 6.07) is 3.28. The molecule has 17 heavy (non-hydrogen) atoms. The standard InChI is InChI=1S/C11H11N5O/c1-7(2)11-14-8(5-10(17)15-11)16-4-3-13-9(16)6-12/h3-5,7H,1-2H3,(H,14,15,17). The second-order valence-corrected chi connectivity index (χ2v) is 3.88. The largest absolute Gasteiger partial charge is 0.310 e. The van der Waals surface area contributed by atoms with Gasteiger partial charge in [-0.25, -0.2) is 9.97 Å². The van der Waals surface area contributed by atoms with Gasteiger partial charge < -0.3 is 4.98 Å². The summed E-state index contributed by atoms with van der Waals surface area (Å²) in [4.78, 5) is 22.3. The van der Waals surface area contributed by atoms with Crippen molar-refractivity contribution >= 4 is 0 Å². The zero-order valence-electron chi connectivity index (χ0n) is 9.51. The van der Waals surface area contributed by atoms with Crippen LogP contribution in [0.4, 0.5) is 0 Å². The third kappa shape index (κ3) is 2.08. The number of nitrogens with one attached hydrogen (secondary N) is 1. The molecule has 2 heterocycles. The van der Waals surface area contributed by atoms with Crippen molar-refractivity contribution < 1.29 is 0 Å². The minimum Gasteiger partial charge on any atom is -0.310 e. The number of aromatic nitrogens is 4. The van der Waals surface area contributed by atoms with E-state index in [-0.39, 0.29) is 17.3 Å². The zero-order valence-corrected chi connectivity index (χ0v) is 9.51. The van der Waals surface area contributed by atoms with Crippen molar-refractivity contribution in [3.8, 4) is 11.9 Å². The highest BCUT2D eigenvalue weighted by atomic mass is 16.1. The summed E-state index contributed by atoms with van der Waals surface area (Å²) in [5, 5.41) is 8.87. The van der Waals surface area contributed by atoms with E-state index in [1.54, 1.807) is 6.20 Å². The first kappa shape index (κ1) is 11.1. The van der Waals surface area contributed by atoms with E-state index in [1.165, 1.54) is 16.8 Å². The van der Waals surface area contributed by atoms with Gasteiger partial charge in [0, 0.05) is 24.4 Å². The number of aromatic amines is 1. The van der Waals surface area contributed by atoms with E-state index in [9.17, 15) is 4.79 Å². The van der Waals surface area contributed by atoms with Crippen molar-refractivity contribution in [3.05, 3.63) is 40.5 Å². The van der Waals surface area contributed by atoms with Gasteiger partial charge in [-0.15, -0.1) is 0 Å². The number of rotatable bonds is 2. The Morgan fingerprint density at radius 3 is 2.94 bits per heavy atom. The number of nitriles is 1. The number of nitrogens with zero attached hydrogens (tertiary/aromatic N) is 4. The topological polar surface area (TPSA) is 87.4 Å². The van der Waals surface area contributed by atoms with Crippen molar-refractivity contribution in [3.63, 3.8) is 0 Å². The Morgan fingerprint density at radius 2 is 2.29 bits per heavy atom. The normalized spacial score (nSPS) is 10.5. The van der Waals surface area contributed by atoms with Gasteiger partial charge in [0.15, 0.2) is 0 Å². The molecular weight excluding hydrogens is 218 g/mol. The monoisotopic (exact) mass is 229 g/mol. The Kier molecular flexibility index (Phi) is 2.75. The van der Waals surface area contributed by atoms with Gasteiger partial charge in [-0.3, -0.25) is 9.36 Å². The lowest BCUT2D eigenvalue weighted by Gasteiger charge is -2.07. The van der Waals surface area contributed by atoms with Crippen LogP contribution in [-0.2, 0) is 0 Å². The molecule has 0 spiro atoms. The van der Waals surface area contributed by atoms with Gasteiger partial charge in [0.05, 0.1) is 0 Å². The molecule has 0 unspecified atom stereocenters. The molecule has 2 aromatic rings. The number of H-pyrrole nitrogens is 1. The van der Waals surface area contributed by atoms with E-state index >= 15 is 0 Å². The predicted octanol–water partition coefficient (Wildman–Crippen LogP) is 0.951. The summed E-state index contributed by atoms with van der Waals surface area (Å²) in [6.45, 7) is 3.86. The third-order valence-electron chi connectivity index (χ3n) is 2.28. The van der Waals surface area contributed by atoms with E-state index in [0.29, 0.717) is 11.6 Å². The highest BCUT2D eigenvalue weighted by molar-refractivity contribution is 5.28. The van der Waals surface area contributed by atoms with Crippen molar-refractivity contribution in [1.29, 1.82) is 5.26 Å². The molecule has 0 fully saturated rings. The molecule has 0 saturated carbocycles. The van der Waals surface area contributed by atoms with Crippen molar-refractivity contribution in [1.82, 2.24) is 19.5 Å². The number of hydrogen-bond acceptors (Lipinski definition) is 4. The molecule has 0 radical (unpaired) electrons. The van der Waals surface area contributed by atoms with Crippen LogP contribution in [0, 0.1) is 11.3 Å². The first-order valence-electron chi connectivity index (χ1n) is 5.17. The summed E-state index contributed by atoms with van der Waals surface area (Å²) in [5.41, 5.74) is -0.240. The van der Waals surface area contributed by atoms with E-state index in [1.807, 2.05) is 19.9 Å². The molecule has 0 aliphatic rings. The summed E-state index contributed by atoms with van der Waals surface area (Å²) in [5.74, 6) is 1.31. The molecule has 0 saturated heterocycles. The maximum Gasteiger partial charge on any atom is 0.253 e. The summed E-state index contributed by atoms with van der Waals surface area (Å²) >= 11 is 0. The molecule has 1 N–H and O–H groups in total. The Balaban J connectivity index is 2.61. The van der Waals surface area contributed by atoms with Crippen LogP contribution in [0.15, 0.2) is 23.3 Å². The van der Waals surface area contributed by atoms with E-state index in [0.717, 1.165) is 0 Å². The van der Waals surface area contributed by atoms with Crippen LogP contribution < -0.4 is 5.56 Å². The molecule has 0 aliphatic heterocycles. The highest BCUT2D eigenvalue weighted by Crippen LogP contribution is 2.10. The molecule has 0 aromatic carbocycles. The quantitative estimate of drug-likeness (QED) is 0.830. The number of imidazole rings is 1. The summed E-state index contributed by atoms with van der Waals surface area (Å²) < 4.78 is 1.49. The van der Waals surface area contributed by atoms with E-state index in [4.69, 9.17) is 5.26 Å². The fourth-order valence-corrected chi connectivity index (χ4v) is 1.43. The Morgan fingerprint density at radius 1 is 1.53 bits per heavy atom. The second-order valence-electron chi connectivity index (χ2n) is 3.88. The van der Waals surface area contributed by atoms with Crippen LogP contribution in [0.2, 0.25) is 0 Å². The van der Waals surface area contributed by atoms with Gasteiger partial charge in [0.1, 0.15) is 17.7 Å². The molecule has 86 valence electrons. The average molecular weight is 229 g/mol. The van der Waals surface area contributed by atoms with Crippen LogP contribution in [0.5, 0.6) is 0 Å². The summed E-state index contributed by atoms with van der Waals surface area (Å²) in [6.07, 6.45) is 3.10. The van der Waals surface area contributed by atoms with Crippen molar-refractivity contribution in [2.75, 3.05) is 0 Å². The Bertz CT molecular complexity index is 632. The van der Waals surface area contributed by atoms with Crippen LogP contribution in [0.1, 0.15) is 31.4 Å². The molecule has 0 amide bonds. The van der Waals surface area contributed by atoms with Gasteiger partial charge in [-0.1, -0.05) is 13.8 Å². The maximum absolute atomic E-state index is 11.5. The third-order valence-corrected chi connectivity index (χ3v) is 2.28. The number of hydrogen-bond donors (Lipinski definition) is 1. The lowest BCUT2D eigenvalue weighted by molar-refractivity contribution is 0.753. The lowest BCUT2D eigenvalue weighted by atomic mass is 10.2. The lowest BCUT2D eigenvalue weighted by Crippen LogP contribution is -2.15. The molecular formula is C11H11N5O. The second kappa shape index (κ2) is 4.22. The fraction of sp³-hybridized carbons (Fsp3) is 0.273. The maximum atomic E-state index is 11.5. The van der Waals surface area contributed by atoms with Crippen molar-refractivity contribution in [2.45, 2.75) is 19.8 Å². The first-order chi connectivity index (χ1) is 8.11. The average Bonchev–Trinajstić information content (AvgIpc) is 2.76. The predicted molar refractivity (Wildman–Crippen MR) is 60.8 cm³/mol. The van der Waals surface area contributed by atoms with E-state index in [2.05, 4.69) is 15.0 Å². The van der Waals surface area contributed by atoms with Gasteiger partial charge in [0.2, 0.25) is 5.82 Å². The fourth-order valence-electron chi connectivity index (χ4n) is 1.43. The van der Waals surface area contributed by atoms with Crippen LogP contribution in [0.25, 0.3) is 5.82 Å². The van der Waals surface area contributed by atoms with Crippen LogP contribution in [-0.4, -0.2) is 19.5 Å². The highest BCUT2D eigenvalue weighted by Gasteiger charge is 2.09. The smallest absolute Gasteiger partial charge is 0.253 e. The SMILES string of the molecule is CC(C)c1nc(-n2ccnc2C#N)cc(=O)[nH]1. The first-order valence-corrected chi connectivity index (χ1v) is 5.17. The Labute approximate surface area is 97.6 Å². The Hall–Kier alpha value is -2.42.